The van der Waals surface area contributed by atoms with E-state index in [2.05, 4.69) is 15.5 Å². The minimum absolute atomic E-state index is 0.172. The van der Waals surface area contributed by atoms with Gasteiger partial charge in [0.05, 0.1) is 5.69 Å². The molecule has 0 saturated heterocycles. The maximum atomic E-state index is 14.4. The summed E-state index contributed by atoms with van der Waals surface area (Å²) in [5, 5.41) is 9.91. The van der Waals surface area contributed by atoms with E-state index in [4.69, 9.17) is 0 Å². The Morgan fingerprint density at radius 3 is 2.44 bits per heavy atom. The smallest absolute Gasteiger partial charge is 0.324 e. The first-order valence-electron chi connectivity index (χ1n) is 7.87. The Morgan fingerprint density at radius 2 is 1.89 bits per heavy atom. The summed E-state index contributed by atoms with van der Waals surface area (Å²) in [6.45, 7) is 3.14. The van der Waals surface area contributed by atoms with Crippen molar-refractivity contribution in [2.24, 2.45) is 0 Å². The number of aromatic nitrogens is 4. The van der Waals surface area contributed by atoms with Gasteiger partial charge in [0.15, 0.2) is 11.5 Å². The Kier molecular flexibility index (Phi) is 4.73. The highest BCUT2D eigenvalue weighted by Gasteiger charge is 2.33. The van der Waals surface area contributed by atoms with Gasteiger partial charge in [-0.3, -0.25) is 9.48 Å². The van der Waals surface area contributed by atoms with Crippen LogP contribution in [-0.2, 0) is 17.5 Å². The highest BCUT2D eigenvalue weighted by atomic mass is 19.4. The molecule has 2 aromatic heterocycles. The Labute approximate surface area is 151 Å². The molecule has 1 amide bonds. The van der Waals surface area contributed by atoms with Crippen molar-refractivity contribution in [3.05, 3.63) is 59.4 Å². The quantitative estimate of drug-likeness (QED) is 0.704. The SMILES string of the molecule is Cc1cc(C)n(-c2ccc(NC(=O)Cn3ccc(C(F)(F)F)n3)cc2F)n1. The normalized spacial score (nSPS) is 11.6. The fraction of sp³-hybridized carbons (Fsp3) is 0.235. The Bertz CT molecular complexity index is 990. The van der Waals surface area contributed by atoms with Crippen molar-refractivity contribution >= 4 is 11.6 Å². The summed E-state index contributed by atoms with van der Waals surface area (Å²) in [7, 11) is 0. The van der Waals surface area contributed by atoms with E-state index < -0.39 is 30.1 Å². The second-order valence-electron chi connectivity index (χ2n) is 5.95. The summed E-state index contributed by atoms with van der Waals surface area (Å²) in [6, 6.07) is 6.63. The second-order valence-corrected chi connectivity index (χ2v) is 5.95. The van der Waals surface area contributed by atoms with Gasteiger partial charge in [0.2, 0.25) is 5.91 Å². The molecule has 1 N–H and O–H groups in total. The van der Waals surface area contributed by atoms with Crippen LogP contribution in [0.5, 0.6) is 0 Å². The number of alkyl halides is 3. The van der Waals surface area contributed by atoms with E-state index in [0.717, 1.165) is 34.4 Å². The number of hydrogen-bond donors (Lipinski definition) is 1. The van der Waals surface area contributed by atoms with Crippen molar-refractivity contribution in [3.63, 3.8) is 0 Å². The number of aryl methyl sites for hydroxylation is 2. The molecule has 3 rings (SSSR count). The molecule has 0 radical (unpaired) electrons. The third-order valence-electron chi connectivity index (χ3n) is 3.71. The molecular formula is C17H15F4N5O. The van der Waals surface area contributed by atoms with Crippen LogP contribution in [0.4, 0.5) is 23.2 Å². The number of nitrogens with zero attached hydrogens (tertiary/aromatic N) is 4. The molecule has 0 atom stereocenters. The lowest BCUT2D eigenvalue weighted by Gasteiger charge is -2.09. The lowest BCUT2D eigenvalue weighted by Crippen LogP contribution is -2.20. The molecule has 0 aliphatic heterocycles. The number of carbonyl (C=O) groups is 1. The lowest BCUT2D eigenvalue weighted by atomic mass is 10.2. The first-order chi connectivity index (χ1) is 12.6. The minimum atomic E-state index is -4.58. The molecule has 0 spiro atoms. The predicted octanol–water partition coefficient (Wildman–Crippen LogP) is 3.48. The largest absolute Gasteiger partial charge is 0.435 e. The molecule has 0 saturated carbocycles. The van der Waals surface area contributed by atoms with Crippen molar-refractivity contribution in [1.82, 2.24) is 19.6 Å². The van der Waals surface area contributed by atoms with Gasteiger partial charge in [0.1, 0.15) is 12.2 Å². The first kappa shape index (κ1) is 18.6. The fourth-order valence-corrected chi connectivity index (χ4v) is 2.58. The standard InChI is InChI=1S/C17H15F4N5O/c1-10-7-11(2)26(23-10)14-4-3-12(8-13(14)18)22-16(27)9-25-6-5-15(24-25)17(19,20)21/h3-8H,9H2,1-2H3,(H,22,27). The highest BCUT2D eigenvalue weighted by Crippen LogP contribution is 2.27. The van der Waals surface area contributed by atoms with Crippen molar-refractivity contribution < 1.29 is 22.4 Å². The van der Waals surface area contributed by atoms with Crippen molar-refractivity contribution in [3.8, 4) is 5.69 Å². The Hall–Kier alpha value is -3.17. The van der Waals surface area contributed by atoms with Gasteiger partial charge in [-0.15, -0.1) is 0 Å². The summed E-state index contributed by atoms with van der Waals surface area (Å²) in [4.78, 5) is 12.0. The van der Waals surface area contributed by atoms with E-state index >= 15 is 0 Å². The van der Waals surface area contributed by atoms with E-state index in [1.165, 1.54) is 16.8 Å². The number of halogens is 4. The first-order valence-corrected chi connectivity index (χ1v) is 7.87. The van der Waals surface area contributed by atoms with Crippen molar-refractivity contribution in [1.29, 1.82) is 0 Å². The van der Waals surface area contributed by atoms with E-state index in [0.29, 0.717) is 0 Å². The Morgan fingerprint density at radius 1 is 1.15 bits per heavy atom. The molecule has 0 aliphatic rings. The average molecular weight is 381 g/mol. The Balaban J connectivity index is 1.71. The summed E-state index contributed by atoms with van der Waals surface area (Å²) in [6.07, 6.45) is -3.53. The van der Waals surface area contributed by atoms with Crippen LogP contribution in [0.25, 0.3) is 5.69 Å². The van der Waals surface area contributed by atoms with Gasteiger partial charge in [0, 0.05) is 17.6 Å². The zero-order chi connectivity index (χ0) is 19.8. The molecular weight excluding hydrogens is 366 g/mol. The van der Waals surface area contributed by atoms with Crippen LogP contribution in [0.2, 0.25) is 0 Å². The predicted molar refractivity (Wildman–Crippen MR) is 88.9 cm³/mol. The van der Waals surface area contributed by atoms with Crippen LogP contribution < -0.4 is 5.32 Å². The number of hydrogen-bond acceptors (Lipinski definition) is 3. The van der Waals surface area contributed by atoms with E-state index in [9.17, 15) is 22.4 Å². The molecule has 0 aliphatic carbocycles. The molecule has 0 fully saturated rings. The molecule has 2 heterocycles. The van der Waals surface area contributed by atoms with Gasteiger partial charge >= 0.3 is 6.18 Å². The van der Waals surface area contributed by atoms with Gasteiger partial charge in [-0.05, 0) is 44.2 Å². The van der Waals surface area contributed by atoms with Crippen molar-refractivity contribution in [2.45, 2.75) is 26.6 Å². The van der Waals surface area contributed by atoms with Crippen LogP contribution in [0.15, 0.2) is 36.5 Å². The summed E-state index contributed by atoms with van der Waals surface area (Å²) < 4.78 is 54.2. The van der Waals surface area contributed by atoms with Gasteiger partial charge in [-0.1, -0.05) is 0 Å². The fourth-order valence-electron chi connectivity index (χ4n) is 2.58. The minimum Gasteiger partial charge on any atom is -0.324 e. The molecule has 27 heavy (non-hydrogen) atoms. The van der Waals surface area contributed by atoms with Crippen LogP contribution in [0.1, 0.15) is 17.1 Å². The van der Waals surface area contributed by atoms with E-state index in [-0.39, 0.29) is 11.4 Å². The third-order valence-corrected chi connectivity index (χ3v) is 3.71. The number of nitrogens with one attached hydrogen (secondary N) is 1. The van der Waals surface area contributed by atoms with Crippen LogP contribution in [0, 0.1) is 19.7 Å². The molecule has 0 bridgehead atoms. The number of amides is 1. The van der Waals surface area contributed by atoms with Gasteiger partial charge < -0.3 is 5.32 Å². The topological polar surface area (TPSA) is 64.7 Å². The van der Waals surface area contributed by atoms with E-state index in [1.54, 1.807) is 19.9 Å². The van der Waals surface area contributed by atoms with Gasteiger partial charge in [0.25, 0.3) is 0 Å². The van der Waals surface area contributed by atoms with E-state index in [1.807, 2.05) is 0 Å². The maximum Gasteiger partial charge on any atom is 0.435 e. The zero-order valence-electron chi connectivity index (χ0n) is 14.4. The number of benzene rings is 1. The number of rotatable bonds is 4. The van der Waals surface area contributed by atoms with Gasteiger partial charge in [-0.25, -0.2) is 9.07 Å². The molecule has 6 nitrogen and oxygen atoms in total. The third kappa shape index (κ3) is 4.15. The summed E-state index contributed by atoms with van der Waals surface area (Å²) in [5.74, 6) is -1.23. The molecule has 10 heteroatoms. The monoisotopic (exact) mass is 381 g/mol. The summed E-state index contributed by atoms with van der Waals surface area (Å²) >= 11 is 0. The van der Waals surface area contributed by atoms with Crippen LogP contribution in [-0.4, -0.2) is 25.5 Å². The zero-order valence-corrected chi connectivity index (χ0v) is 14.4. The maximum absolute atomic E-state index is 14.4. The molecule has 3 aromatic rings. The lowest BCUT2D eigenvalue weighted by molar-refractivity contribution is -0.141. The van der Waals surface area contributed by atoms with Crippen LogP contribution in [0.3, 0.4) is 0 Å². The molecule has 0 unspecified atom stereocenters. The highest BCUT2D eigenvalue weighted by molar-refractivity contribution is 5.90. The van der Waals surface area contributed by atoms with Gasteiger partial charge in [-0.2, -0.15) is 23.4 Å². The average Bonchev–Trinajstić information content (AvgIpc) is 3.13. The second kappa shape index (κ2) is 6.86. The number of carbonyl (C=O) groups excluding carboxylic acids is 1. The number of anilines is 1. The summed E-state index contributed by atoms with van der Waals surface area (Å²) in [5.41, 5.74) is 0.797. The van der Waals surface area contributed by atoms with Crippen LogP contribution >= 0.6 is 0 Å². The molecule has 142 valence electrons. The molecule has 1 aromatic carbocycles. The van der Waals surface area contributed by atoms with Crippen molar-refractivity contribution in [2.75, 3.05) is 5.32 Å².